The number of phenolic OH excluding ortho intramolecular Hbond substituents is 1. The van der Waals surface area contributed by atoms with E-state index in [-0.39, 0.29) is 5.92 Å². The van der Waals surface area contributed by atoms with Gasteiger partial charge in [-0.1, -0.05) is 42.5 Å². The predicted octanol–water partition coefficient (Wildman–Crippen LogP) is 4.99. The molecule has 1 aliphatic heterocycles. The number of fused-ring (bicyclic) bond motifs is 2. The zero-order valence-corrected chi connectivity index (χ0v) is 12.3. The Bertz CT molecular complexity index is 806. The van der Waals surface area contributed by atoms with Crippen molar-refractivity contribution in [3.63, 3.8) is 0 Å². The molecule has 1 heterocycles. The SMILES string of the molecule is Cc1ccc(O)cc1C1c2ccccc2Oc2ccccc21. The lowest BCUT2D eigenvalue weighted by molar-refractivity contribution is 0.451. The molecule has 1 aliphatic rings. The molecule has 0 atom stereocenters. The lowest BCUT2D eigenvalue weighted by Gasteiger charge is -2.29. The van der Waals surface area contributed by atoms with E-state index < -0.39 is 0 Å². The third-order valence-electron chi connectivity index (χ3n) is 4.25. The van der Waals surface area contributed by atoms with E-state index in [9.17, 15) is 5.11 Å². The summed E-state index contributed by atoms with van der Waals surface area (Å²) >= 11 is 0. The van der Waals surface area contributed by atoms with E-state index in [1.807, 2.05) is 48.5 Å². The second-order valence-electron chi connectivity index (χ2n) is 5.65. The van der Waals surface area contributed by atoms with Gasteiger partial charge in [-0.05, 0) is 42.3 Å². The third kappa shape index (κ3) is 1.96. The molecule has 0 aromatic heterocycles. The van der Waals surface area contributed by atoms with E-state index in [1.54, 1.807) is 6.07 Å². The van der Waals surface area contributed by atoms with Gasteiger partial charge >= 0.3 is 0 Å². The average Bonchev–Trinajstić information content (AvgIpc) is 2.55. The number of aryl methyl sites for hydroxylation is 1. The minimum absolute atomic E-state index is 0.0771. The van der Waals surface area contributed by atoms with Gasteiger partial charge in [0.05, 0.1) is 0 Å². The summed E-state index contributed by atoms with van der Waals surface area (Å²) in [5, 5.41) is 9.93. The van der Waals surface area contributed by atoms with Crippen molar-refractivity contribution in [3.8, 4) is 17.2 Å². The molecule has 0 bridgehead atoms. The molecule has 3 aromatic carbocycles. The maximum Gasteiger partial charge on any atom is 0.131 e. The first-order valence-corrected chi connectivity index (χ1v) is 7.39. The number of hydrogen-bond donors (Lipinski definition) is 1. The Hall–Kier alpha value is -2.74. The number of benzene rings is 3. The van der Waals surface area contributed by atoms with Crippen molar-refractivity contribution in [2.24, 2.45) is 0 Å². The van der Waals surface area contributed by atoms with Crippen LogP contribution in [-0.2, 0) is 0 Å². The molecule has 0 amide bonds. The Kier molecular flexibility index (Phi) is 2.90. The summed E-state index contributed by atoms with van der Waals surface area (Å²) in [7, 11) is 0. The first-order chi connectivity index (χ1) is 10.7. The average molecular weight is 288 g/mol. The van der Waals surface area contributed by atoms with Crippen molar-refractivity contribution >= 4 is 0 Å². The molecule has 0 aliphatic carbocycles. The molecular weight excluding hydrogens is 272 g/mol. The minimum atomic E-state index is 0.0771. The topological polar surface area (TPSA) is 29.5 Å². The molecule has 108 valence electrons. The summed E-state index contributed by atoms with van der Waals surface area (Å²) in [4.78, 5) is 0. The molecule has 0 saturated heterocycles. The number of hydrogen-bond acceptors (Lipinski definition) is 2. The van der Waals surface area contributed by atoms with E-state index in [0.29, 0.717) is 5.75 Å². The summed E-state index contributed by atoms with van der Waals surface area (Å²) in [5.41, 5.74) is 4.54. The fourth-order valence-electron chi connectivity index (χ4n) is 3.18. The Morgan fingerprint density at radius 2 is 1.36 bits per heavy atom. The van der Waals surface area contributed by atoms with Gasteiger partial charge in [-0.15, -0.1) is 0 Å². The van der Waals surface area contributed by atoms with E-state index >= 15 is 0 Å². The third-order valence-corrected chi connectivity index (χ3v) is 4.25. The lowest BCUT2D eigenvalue weighted by Crippen LogP contribution is -2.12. The molecule has 2 heteroatoms. The monoisotopic (exact) mass is 288 g/mol. The predicted molar refractivity (Wildman–Crippen MR) is 86.7 cm³/mol. The Morgan fingerprint density at radius 3 is 2.00 bits per heavy atom. The van der Waals surface area contributed by atoms with Gasteiger partial charge in [0.1, 0.15) is 17.2 Å². The zero-order valence-electron chi connectivity index (χ0n) is 12.3. The largest absolute Gasteiger partial charge is 0.508 e. The van der Waals surface area contributed by atoms with Crippen molar-refractivity contribution in [3.05, 3.63) is 89.0 Å². The van der Waals surface area contributed by atoms with Gasteiger partial charge in [0.15, 0.2) is 0 Å². The molecule has 0 spiro atoms. The first-order valence-electron chi connectivity index (χ1n) is 7.39. The minimum Gasteiger partial charge on any atom is -0.508 e. The van der Waals surface area contributed by atoms with Crippen molar-refractivity contribution < 1.29 is 9.84 Å². The highest BCUT2D eigenvalue weighted by atomic mass is 16.5. The molecule has 4 rings (SSSR count). The molecule has 0 saturated carbocycles. The molecule has 0 unspecified atom stereocenters. The normalized spacial score (nSPS) is 13.1. The Balaban J connectivity index is 2.01. The highest BCUT2D eigenvalue weighted by molar-refractivity contribution is 5.59. The molecule has 2 nitrogen and oxygen atoms in total. The quantitative estimate of drug-likeness (QED) is 0.535. The van der Waals surface area contributed by atoms with Crippen molar-refractivity contribution in [1.82, 2.24) is 0 Å². The molecule has 22 heavy (non-hydrogen) atoms. The smallest absolute Gasteiger partial charge is 0.131 e. The maximum atomic E-state index is 9.93. The Labute approximate surface area is 129 Å². The van der Waals surface area contributed by atoms with Crippen LogP contribution >= 0.6 is 0 Å². The van der Waals surface area contributed by atoms with Gasteiger partial charge in [0.2, 0.25) is 0 Å². The van der Waals surface area contributed by atoms with Gasteiger partial charge in [-0.3, -0.25) is 0 Å². The highest BCUT2D eigenvalue weighted by Crippen LogP contribution is 2.48. The zero-order chi connectivity index (χ0) is 15.1. The van der Waals surface area contributed by atoms with E-state index in [1.165, 1.54) is 0 Å². The van der Waals surface area contributed by atoms with Gasteiger partial charge in [-0.2, -0.15) is 0 Å². The van der Waals surface area contributed by atoms with Crippen LogP contribution in [0.15, 0.2) is 66.7 Å². The van der Waals surface area contributed by atoms with E-state index in [4.69, 9.17) is 4.74 Å². The van der Waals surface area contributed by atoms with Crippen molar-refractivity contribution in [2.45, 2.75) is 12.8 Å². The molecular formula is C20H16O2. The molecule has 0 radical (unpaired) electrons. The van der Waals surface area contributed by atoms with Crippen molar-refractivity contribution in [2.75, 3.05) is 0 Å². The number of ether oxygens (including phenoxy) is 1. The van der Waals surface area contributed by atoms with Crippen LogP contribution in [0.25, 0.3) is 0 Å². The van der Waals surface area contributed by atoms with Gasteiger partial charge in [0, 0.05) is 17.0 Å². The second-order valence-corrected chi connectivity index (χ2v) is 5.65. The summed E-state index contributed by atoms with van der Waals surface area (Å²) < 4.78 is 6.04. The fraction of sp³-hybridized carbons (Fsp3) is 0.100. The fourth-order valence-corrected chi connectivity index (χ4v) is 3.18. The number of aromatic hydroxyl groups is 1. The van der Waals surface area contributed by atoms with Crippen LogP contribution in [-0.4, -0.2) is 5.11 Å². The van der Waals surface area contributed by atoms with Crippen LogP contribution in [0.5, 0.6) is 17.2 Å². The van der Waals surface area contributed by atoms with Gasteiger partial charge in [0.25, 0.3) is 0 Å². The van der Waals surface area contributed by atoms with Crippen LogP contribution in [0.2, 0.25) is 0 Å². The van der Waals surface area contributed by atoms with Gasteiger partial charge < -0.3 is 9.84 Å². The molecule has 1 N–H and O–H groups in total. The summed E-state index contributed by atoms with van der Waals surface area (Å²) in [5.74, 6) is 2.14. The summed E-state index contributed by atoms with van der Waals surface area (Å²) in [6.45, 7) is 2.08. The summed E-state index contributed by atoms with van der Waals surface area (Å²) in [6, 6.07) is 21.8. The lowest BCUT2D eigenvalue weighted by atomic mass is 9.81. The standard InChI is InChI=1S/C20H16O2/c1-13-10-11-14(21)12-17(13)20-15-6-2-4-8-18(15)22-19-9-5-3-7-16(19)20/h2-12,20-21H,1H3. The number of para-hydroxylation sites is 2. The molecule has 0 fully saturated rings. The highest BCUT2D eigenvalue weighted by Gasteiger charge is 2.29. The van der Waals surface area contributed by atoms with Crippen molar-refractivity contribution in [1.29, 1.82) is 0 Å². The number of phenols is 1. The van der Waals surface area contributed by atoms with Crippen LogP contribution < -0.4 is 4.74 Å². The van der Waals surface area contributed by atoms with Crippen LogP contribution in [0.3, 0.4) is 0 Å². The molecule has 3 aromatic rings. The van der Waals surface area contributed by atoms with E-state index in [0.717, 1.165) is 33.8 Å². The van der Waals surface area contributed by atoms with Crippen LogP contribution in [0.1, 0.15) is 28.2 Å². The Morgan fingerprint density at radius 1 is 0.773 bits per heavy atom. The van der Waals surface area contributed by atoms with E-state index in [2.05, 4.69) is 19.1 Å². The van der Waals surface area contributed by atoms with Crippen LogP contribution in [0, 0.1) is 6.92 Å². The van der Waals surface area contributed by atoms with Crippen LogP contribution in [0.4, 0.5) is 0 Å². The maximum absolute atomic E-state index is 9.93. The number of rotatable bonds is 1. The summed E-state index contributed by atoms with van der Waals surface area (Å²) in [6.07, 6.45) is 0. The van der Waals surface area contributed by atoms with Gasteiger partial charge in [-0.25, -0.2) is 0 Å². The first kappa shape index (κ1) is 13.0. The second kappa shape index (κ2) is 4.92.